The minimum atomic E-state index is -0.363. The molecule has 0 saturated heterocycles. The summed E-state index contributed by atoms with van der Waals surface area (Å²) in [5.74, 6) is -0.363. The van der Waals surface area contributed by atoms with Gasteiger partial charge in [0.15, 0.2) is 0 Å². The molecule has 0 spiro atoms. The third kappa shape index (κ3) is 2.45. The zero-order valence-corrected chi connectivity index (χ0v) is 11.5. The second kappa shape index (κ2) is 5.50. The highest BCUT2D eigenvalue weighted by molar-refractivity contribution is 6.31. The zero-order chi connectivity index (χ0) is 14.8. The molecule has 0 aliphatic heterocycles. The fourth-order valence-electron chi connectivity index (χ4n) is 2.30. The van der Waals surface area contributed by atoms with Crippen molar-refractivity contribution in [3.8, 4) is 11.1 Å². The number of fused-ring (bicyclic) bond motifs is 1. The molecule has 104 valence electrons. The Kier molecular flexibility index (Phi) is 3.54. The Morgan fingerprint density at radius 3 is 2.76 bits per heavy atom. The Hall–Kier alpha value is -2.46. The van der Waals surface area contributed by atoms with Crippen molar-refractivity contribution in [1.29, 1.82) is 0 Å². The van der Waals surface area contributed by atoms with E-state index in [1.54, 1.807) is 36.4 Å². The highest BCUT2D eigenvalue weighted by Crippen LogP contribution is 2.33. The predicted octanol–water partition coefficient (Wildman–Crippen LogP) is 4.50. The second-order valence-electron chi connectivity index (χ2n) is 4.47. The highest BCUT2D eigenvalue weighted by atomic mass is 35.5. The number of hydrogen-bond acceptors (Lipinski definition) is 3. The van der Waals surface area contributed by atoms with E-state index >= 15 is 0 Å². The van der Waals surface area contributed by atoms with Crippen LogP contribution in [0.15, 0.2) is 53.8 Å². The molecule has 0 aliphatic rings. The van der Waals surface area contributed by atoms with Gasteiger partial charge < -0.3 is 5.21 Å². The standard InChI is InChI=1S/C16H10ClFN2O/c17-11-5-6-15-13(7-11)16(10(8-19-15)9-20-21)12-3-1-2-4-14(12)18/h1-9,21H/b20-9+. The molecular formula is C16H10ClFN2O. The van der Waals surface area contributed by atoms with Gasteiger partial charge >= 0.3 is 0 Å². The quantitative estimate of drug-likeness (QED) is 0.430. The molecule has 0 aliphatic carbocycles. The number of halogens is 2. The van der Waals surface area contributed by atoms with Crippen molar-refractivity contribution in [2.75, 3.05) is 0 Å². The predicted molar refractivity (Wildman–Crippen MR) is 81.5 cm³/mol. The molecule has 0 fully saturated rings. The Morgan fingerprint density at radius 2 is 2.00 bits per heavy atom. The molecule has 0 bridgehead atoms. The van der Waals surface area contributed by atoms with Crippen LogP contribution in [-0.4, -0.2) is 16.4 Å². The fourth-order valence-corrected chi connectivity index (χ4v) is 2.48. The normalized spacial score (nSPS) is 11.3. The summed E-state index contributed by atoms with van der Waals surface area (Å²) in [5.41, 5.74) is 2.20. The van der Waals surface area contributed by atoms with Crippen LogP contribution in [0.25, 0.3) is 22.0 Å². The number of aromatic nitrogens is 1. The lowest BCUT2D eigenvalue weighted by Gasteiger charge is -2.11. The summed E-state index contributed by atoms with van der Waals surface area (Å²) in [5, 5.41) is 13.1. The number of hydrogen-bond donors (Lipinski definition) is 1. The van der Waals surface area contributed by atoms with E-state index in [-0.39, 0.29) is 5.82 Å². The monoisotopic (exact) mass is 300 g/mol. The Balaban J connectivity index is 2.44. The van der Waals surface area contributed by atoms with E-state index < -0.39 is 0 Å². The van der Waals surface area contributed by atoms with Gasteiger partial charge in [0.2, 0.25) is 0 Å². The van der Waals surface area contributed by atoms with Crippen LogP contribution in [0.3, 0.4) is 0 Å². The first-order valence-corrected chi connectivity index (χ1v) is 6.59. The summed E-state index contributed by atoms with van der Waals surface area (Å²) in [7, 11) is 0. The summed E-state index contributed by atoms with van der Waals surface area (Å²) in [6.45, 7) is 0. The van der Waals surface area contributed by atoms with Gasteiger partial charge in [-0.15, -0.1) is 0 Å². The smallest absolute Gasteiger partial charge is 0.131 e. The minimum absolute atomic E-state index is 0.363. The minimum Gasteiger partial charge on any atom is -0.411 e. The first-order valence-electron chi connectivity index (χ1n) is 6.21. The maximum absolute atomic E-state index is 14.2. The maximum atomic E-state index is 14.2. The molecular weight excluding hydrogens is 291 g/mol. The third-order valence-corrected chi connectivity index (χ3v) is 3.43. The first-order chi connectivity index (χ1) is 10.2. The summed E-state index contributed by atoms with van der Waals surface area (Å²) in [6.07, 6.45) is 2.77. The molecule has 1 N–H and O–H groups in total. The molecule has 1 heterocycles. The first kappa shape index (κ1) is 13.5. The Morgan fingerprint density at radius 1 is 1.19 bits per heavy atom. The Bertz CT molecular complexity index is 849. The van der Waals surface area contributed by atoms with Gasteiger partial charge in [0, 0.05) is 33.3 Å². The van der Waals surface area contributed by atoms with Crippen molar-refractivity contribution in [2.24, 2.45) is 5.16 Å². The van der Waals surface area contributed by atoms with Crippen LogP contribution < -0.4 is 0 Å². The molecule has 3 rings (SSSR count). The number of nitrogens with zero attached hydrogens (tertiary/aromatic N) is 2. The fraction of sp³-hybridized carbons (Fsp3) is 0. The van der Waals surface area contributed by atoms with Crippen molar-refractivity contribution in [3.63, 3.8) is 0 Å². The van der Waals surface area contributed by atoms with E-state index in [0.717, 1.165) is 0 Å². The second-order valence-corrected chi connectivity index (χ2v) is 4.91. The van der Waals surface area contributed by atoms with Gasteiger partial charge in [-0.2, -0.15) is 0 Å². The van der Waals surface area contributed by atoms with E-state index in [4.69, 9.17) is 16.8 Å². The number of oxime groups is 1. The average Bonchev–Trinajstić information content (AvgIpc) is 2.48. The van der Waals surface area contributed by atoms with E-state index in [1.165, 1.54) is 18.5 Å². The molecule has 0 atom stereocenters. The molecule has 0 unspecified atom stereocenters. The number of benzene rings is 2. The molecule has 21 heavy (non-hydrogen) atoms. The van der Waals surface area contributed by atoms with Crippen LogP contribution in [0.2, 0.25) is 5.02 Å². The number of pyridine rings is 1. The lowest BCUT2D eigenvalue weighted by molar-refractivity contribution is 0.322. The van der Waals surface area contributed by atoms with Crippen molar-refractivity contribution >= 4 is 28.7 Å². The summed E-state index contributed by atoms with van der Waals surface area (Å²) < 4.78 is 14.2. The van der Waals surface area contributed by atoms with E-state index in [1.807, 2.05) is 0 Å². The largest absolute Gasteiger partial charge is 0.411 e. The van der Waals surface area contributed by atoms with Crippen LogP contribution in [-0.2, 0) is 0 Å². The Labute approximate surface area is 125 Å². The molecule has 5 heteroatoms. The summed E-state index contributed by atoms with van der Waals surface area (Å²) in [4.78, 5) is 4.27. The lowest BCUT2D eigenvalue weighted by atomic mass is 9.96. The molecule has 3 aromatic rings. The van der Waals surface area contributed by atoms with Crippen molar-refractivity contribution in [2.45, 2.75) is 0 Å². The number of rotatable bonds is 2. The van der Waals surface area contributed by atoms with Gasteiger partial charge in [-0.05, 0) is 24.3 Å². The molecule has 1 aromatic heterocycles. The van der Waals surface area contributed by atoms with Gasteiger partial charge in [0.05, 0.1) is 11.7 Å². The van der Waals surface area contributed by atoms with Crippen LogP contribution in [0.1, 0.15) is 5.56 Å². The lowest BCUT2D eigenvalue weighted by Crippen LogP contribution is -1.95. The van der Waals surface area contributed by atoms with Crippen molar-refractivity contribution < 1.29 is 9.60 Å². The molecule has 0 saturated carbocycles. The highest BCUT2D eigenvalue weighted by Gasteiger charge is 2.14. The topological polar surface area (TPSA) is 45.5 Å². The van der Waals surface area contributed by atoms with Crippen molar-refractivity contribution in [3.05, 3.63) is 65.1 Å². The van der Waals surface area contributed by atoms with Crippen LogP contribution >= 0.6 is 11.6 Å². The van der Waals surface area contributed by atoms with E-state index in [9.17, 15) is 4.39 Å². The van der Waals surface area contributed by atoms with Crippen molar-refractivity contribution in [1.82, 2.24) is 4.98 Å². The van der Waals surface area contributed by atoms with Gasteiger partial charge in [0.25, 0.3) is 0 Å². The third-order valence-electron chi connectivity index (χ3n) is 3.20. The van der Waals surface area contributed by atoms with Gasteiger partial charge in [-0.3, -0.25) is 4.98 Å². The van der Waals surface area contributed by atoms with Crippen LogP contribution in [0, 0.1) is 5.82 Å². The van der Waals surface area contributed by atoms with E-state index in [0.29, 0.717) is 32.6 Å². The molecule has 0 radical (unpaired) electrons. The summed E-state index contributed by atoms with van der Waals surface area (Å²) >= 11 is 6.04. The molecule has 0 amide bonds. The van der Waals surface area contributed by atoms with E-state index in [2.05, 4.69) is 10.1 Å². The van der Waals surface area contributed by atoms with Gasteiger partial charge in [0.1, 0.15) is 5.82 Å². The van der Waals surface area contributed by atoms with Gasteiger partial charge in [-0.1, -0.05) is 35.0 Å². The van der Waals surface area contributed by atoms with Crippen LogP contribution in [0.4, 0.5) is 4.39 Å². The average molecular weight is 301 g/mol. The summed E-state index contributed by atoms with van der Waals surface area (Å²) in [6, 6.07) is 11.6. The zero-order valence-electron chi connectivity index (χ0n) is 10.8. The molecule has 3 nitrogen and oxygen atoms in total. The maximum Gasteiger partial charge on any atom is 0.131 e. The molecule has 2 aromatic carbocycles. The van der Waals surface area contributed by atoms with Crippen LogP contribution in [0.5, 0.6) is 0 Å². The SMILES string of the molecule is O/N=C/c1cnc2ccc(Cl)cc2c1-c1ccccc1F. The van der Waals surface area contributed by atoms with Gasteiger partial charge in [-0.25, -0.2) is 4.39 Å².